The number of nitrogens with zero attached hydrogens (tertiary/aromatic N) is 1. The number of carboxylic acid groups (broad SMARTS) is 1. The van der Waals surface area contributed by atoms with Crippen LogP contribution in [-0.4, -0.2) is 32.2 Å². The molecule has 0 amide bonds. The van der Waals surface area contributed by atoms with Crippen molar-refractivity contribution in [2.45, 2.75) is 69.6 Å². The Kier molecular flexibility index (Phi) is 9.56. The van der Waals surface area contributed by atoms with Gasteiger partial charge in [0, 0.05) is 22.6 Å². The Balaban J connectivity index is 1.42. The lowest BCUT2D eigenvalue weighted by atomic mass is 9.81. The van der Waals surface area contributed by atoms with E-state index in [0.29, 0.717) is 21.8 Å². The first-order valence-corrected chi connectivity index (χ1v) is 16.2. The molecule has 1 unspecified atom stereocenters. The molecule has 5 rings (SSSR count). The average molecular weight is 616 g/mol. The van der Waals surface area contributed by atoms with Crippen LogP contribution in [0.15, 0.2) is 72.8 Å². The van der Waals surface area contributed by atoms with Crippen LogP contribution in [0, 0.1) is 17.0 Å². The third-order valence-electron chi connectivity index (χ3n) is 8.68. The van der Waals surface area contributed by atoms with Gasteiger partial charge in [-0.25, -0.2) is 13.8 Å². The summed E-state index contributed by atoms with van der Waals surface area (Å²) in [6.07, 6.45) is 7.77. The summed E-state index contributed by atoms with van der Waals surface area (Å²) in [6, 6.07) is 22.1. The van der Waals surface area contributed by atoms with Crippen molar-refractivity contribution >= 4 is 40.8 Å². The molecule has 3 aromatic carbocycles. The van der Waals surface area contributed by atoms with Crippen LogP contribution in [0.4, 0.5) is 8.78 Å². The molecule has 7 heteroatoms. The van der Waals surface area contributed by atoms with Gasteiger partial charge in [-0.05, 0) is 91.2 Å². The van der Waals surface area contributed by atoms with E-state index in [1.165, 1.54) is 0 Å². The van der Waals surface area contributed by atoms with Crippen molar-refractivity contribution in [2.75, 3.05) is 5.75 Å². The van der Waals surface area contributed by atoms with E-state index in [0.717, 1.165) is 65.8 Å². The molecule has 0 radical (unpaired) electrons. The Morgan fingerprint density at radius 3 is 2.48 bits per heavy atom. The van der Waals surface area contributed by atoms with Crippen molar-refractivity contribution in [1.29, 1.82) is 0 Å². The van der Waals surface area contributed by atoms with Gasteiger partial charge in [0.1, 0.15) is 0 Å². The molecule has 2 atom stereocenters. The molecule has 1 aliphatic rings. The summed E-state index contributed by atoms with van der Waals surface area (Å²) in [6.45, 7) is 5.77. The summed E-state index contributed by atoms with van der Waals surface area (Å²) < 4.78 is 27.4. The van der Waals surface area contributed by atoms with Crippen LogP contribution in [0.2, 0.25) is 0 Å². The molecule has 1 aromatic heterocycles. The number of aliphatic hydroxyl groups is 1. The number of pyridine rings is 1. The molecule has 0 spiro atoms. The van der Waals surface area contributed by atoms with Crippen LogP contribution in [0.3, 0.4) is 0 Å². The van der Waals surface area contributed by atoms with Crippen molar-refractivity contribution in [3.05, 3.63) is 112 Å². The Morgan fingerprint density at radius 2 is 1.77 bits per heavy atom. The van der Waals surface area contributed by atoms with E-state index in [4.69, 9.17) is 0 Å². The summed E-state index contributed by atoms with van der Waals surface area (Å²) in [7, 11) is 0. The molecule has 0 bridgehead atoms. The summed E-state index contributed by atoms with van der Waals surface area (Å²) >= 11 is 1.88. The zero-order valence-corrected chi connectivity index (χ0v) is 26.2. The van der Waals surface area contributed by atoms with Gasteiger partial charge in [0.15, 0.2) is 11.6 Å². The normalized spacial score (nSPS) is 15.9. The van der Waals surface area contributed by atoms with Gasteiger partial charge >= 0.3 is 5.97 Å². The monoisotopic (exact) mass is 615 g/mol. The van der Waals surface area contributed by atoms with Crippen LogP contribution in [0.25, 0.3) is 23.1 Å². The van der Waals surface area contributed by atoms with E-state index in [1.54, 1.807) is 12.1 Å². The number of fused-ring (bicyclic) bond motifs is 1. The van der Waals surface area contributed by atoms with Gasteiger partial charge in [0.05, 0.1) is 23.2 Å². The molecule has 4 nitrogen and oxygen atoms in total. The molecule has 1 heterocycles. The van der Waals surface area contributed by atoms with E-state index in [1.807, 2.05) is 68.1 Å². The van der Waals surface area contributed by atoms with Crippen molar-refractivity contribution in [3.63, 3.8) is 0 Å². The standard InChI is InChI=1S/C37H39F2NO3S/c1-4-34(37(17-18-37)23-35(41)42)44-19-16-28(29-10-5-6-11-30(29)36(2,3)43)25-9-7-8-24(20-25)12-14-27-15-13-26-21-31(38)32(39)22-33(26)40-27/h5-15,20-22,28,34,43H,4,16-19,23H2,1-3H3,(H,41,42)/t28-,34?/m1/s1. The highest BCUT2D eigenvalue weighted by Gasteiger charge is 2.50. The van der Waals surface area contributed by atoms with Gasteiger partial charge in [-0.3, -0.25) is 4.79 Å². The van der Waals surface area contributed by atoms with Crippen LogP contribution in [-0.2, 0) is 10.4 Å². The minimum absolute atomic E-state index is 0.0160. The largest absolute Gasteiger partial charge is 0.481 e. The summed E-state index contributed by atoms with van der Waals surface area (Å²) in [5, 5.41) is 21.4. The van der Waals surface area contributed by atoms with E-state index in [2.05, 4.69) is 30.1 Å². The van der Waals surface area contributed by atoms with Gasteiger partial charge in [-0.1, -0.05) is 67.6 Å². The second-order valence-corrected chi connectivity index (χ2v) is 13.7. The van der Waals surface area contributed by atoms with Crippen LogP contribution in [0.1, 0.15) is 86.7 Å². The van der Waals surface area contributed by atoms with Gasteiger partial charge in [-0.15, -0.1) is 0 Å². The lowest BCUT2D eigenvalue weighted by molar-refractivity contribution is -0.138. The van der Waals surface area contributed by atoms with E-state index < -0.39 is 23.2 Å². The number of hydrogen-bond donors (Lipinski definition) is 2. The summed E-state index contributed by atoms with van der Waals surface area (Å²) in [4.78, 5) is 16.0. The highest BCUT2D eigenvalue weighted by Crippen LogP contribution is 2.57. The van der Waals surface area contributed by atoms with Gasteiger partial charge in [0.25, 0.3) is 0 Å². The Labute approximate surface area is 262 Å². The number of rotatable bonds is 13. The fourth-order valence-electron chi connectivity index (χ4n) is 6.28. The Hall–Kier alpha value is -3.55. The van der Waals surface area contributed by atoms with Crippen LogP contribution < -0.4 is 0 Å². The molecule has 4 aromatic rings. The van der Waals surface area contributed by atoms with Crippen molar-refractivity contribution in [1.82, 2.24) is 4.98 Å². The first-order chi connectivity index (χ1) is 21.0. The SMILES string of the molecule is CCC(SCC[C@H](c1cccc(C=Cc2ccc3cc(F)c(F)cc3n2)c1)c1ccccc1C(C)(C)O)C1(CC(=O)O)CC1. The van der Waals surface area contributed by atoms with Gasteiger partial charge < -0.3 is 10.2 Å². The zero-order chi connectivity index (χ0) is 31.5. The van der Waals surface area contributed by atoms with Gasteiger partial charge in [-0.2, -0.15) is 11.8 Å². The predicted octanol–water partition coefficient (Wildman–Crippen LogP) is 9.20. The average Bonchev–Trinajstić information content (AvgIpc) is 3.76. The number of benzene rings is 3. The Morgan fingerprint density at radius 1 is 1.02 bits per heavy atom. The first-order valence-electron chi connectivity index (χ1n) is 15.2. The molecule has 230 valence electrons. The maximum Gasteiger partial charge on any atom is 0.303 e. The third kappa shape index (κ3) is 7.39. The number of carbonyl (C=O) groups is 1. The van der Waals surface area contributed by atoms with E-state index in [-0.39, 0.29) is 17.8 Å². The number of aliphatic carboxylic acids is 1. The smallest absolute Gasteiger partial charge is 0.303 e. The van der Waals surface area contributed by atoms with Crippen molar-refractivity contribution < 1.29 is 23.8 Å². The molecule has 0 aliphatic heterocycles. The highest BCUT2D eigenvalue weighted by atomic mass is 32.2. The number of thioether (sulfide) groups is 1. The molecular formula is C37H39F2NO3S. The van der Waals surface area contributed by atoms with Crippen molar-refractivity contribution in [2.24, 2.45) is 5.41 Å². The zero-order valence-electron chi connectivity index (χ0n) is 25.4. The lowest BCUT2D eigenvalue weighted by Crippen LogP contribution is -2.23. The third-order valence-corrected chi connectivity index (χ3v) is 10.4. The molecule has 0 saturated heterocycles. The number of aromatic nitrogens is 1. The van der Waals surface area contributed by atoms with E-state index in [9.17, 15) is 23.8 Å². The molecule has 1 fully saturated rings. The molecule has 1 aliphatic carbocycles. The minimum atomic E-state index is -1.02. The van der Waals surface area contributed by atoms with Gasteiger partial charge in [0.2, 0.25) is 0 Å². The topological polar surface area (TPSA) is 70.4 Å². The quantitative estimate of drug-likeness (QED) is 0.157. The summed E-state index contributed by atoms with van der Waals surface area (Å²) in [5.74, 6) is -1.65. The number of carboxylic acids is 1. The fraction of sp³-hybridized carbons (Fsp3) is 0.351. The maximum absolute atomic E-state index is 13.8. The van der Waals surface area contributed by atoms with Crippen molar-refractivity contribution in [3.8, 4) is 0 Å². The first kappa shape index (κ1) is 31.9. The van der Waals surface area contributed by atoms with Crippen LogP contribution >= 0.6 is 11.8 Å². The molecular weight excluding hydrogens is 576 g/mol. The lowest BCUT2D eigenvalue weighted by Gasteiger charge is -2.29. The number of hydrogen-bond acceptors (Lipinski definition) is 4. The van der Waals surface area contributed by atoms with Crippen LogP contribution in [0.5, 0.6) is 0 Å². The fourth-order valence-corrected chi connectivity index (χ4v) is 7.84. The maximum atomic E-state index is 13.8. The molecule has 1 saturated carbocycles. The molecule has 44 heavy (non-hydrogen) atoms. The minimum Gasteiger partial charge on any atom is -0.481 e. The second kappa shape index (κ2) is 13.2. The predicted molar refractivity (Wildman–Crippen MR) is 176 cm³/mol. The Bertz CT molecular complexity index is 1680. The summed E-state index contributed by atoms with van der Waals surface area (Å²) in [5.41, 5.74) is 3.97. The van der Waals surface area contributed by atoms with E-state index >= 15 is 0 Å². The highest BCUT2D eigenvalue weighted by molar-refractivity contribution is 7.99. The number of halogens is 2. The second-order valence-electron chi connectivity index (χ2n) is 12.4. The molecule has 2 N–H and O–H groups in total.